The molecule has 1 fully saturated rings. The average molecular weight is 524 g/mol. The predicted molar refractivity (Wildman–Crippen MR) is 147 cm³/mol. The van der Waals surface area contributed by atoms with E-state index < -0.39 is 0 Å². The van der Waals surface area contributed by atoms with Crippen LogP contribution in [-0.4, -0.2) is 18.1 Å². The molecule has 0 atom stereocenters. The van der Waals surface area contributed by atoms with E-state index in [1.54, 1.807) is 0 Å². The summed E-state index contributed by atoms with van der Waals surface area (Å²) in [4.78, 5) is 6.31. The Morgan fingerprint density at radius 3 is 2.47 bits per heavy atom. The number of rotatable bonds is 9. The monoisotopic (exact) mass is 523 g/mol. The molecule has 2 aromatic carbocycles. The normalized spacial score (nSPS) is 13.5. The zero-order valence-corrected chi connectivity index (χ0v) is 21.7. The maximum atomic E-state index is 13.1. The van der Waals surface area contributed by atoms with Crippen molar-refractivity contribution in [1.82, 2.24) is 4.98 Å². The van der Waals surface area contributed by atoms with Crippen LogP contribution >= 0.6 is 22.7 Å². The van der Waals surface area contributed by atoms with E-state index in [9.17, 15) is 4.39 Å². The van der Waals surface area contributed by atoms with Gasteiger partial charge in [0, 0.05) is 19.2 Å². The van der Waals surface area contributed by atoms with Gasteiger partial charge in [-0.25, -0.2) is 15.8 Å². The zero-order valence-electron chi connectivity index (χ0n) is 20.1. The van der Waals surface area contributed by atoms with Crippen LogP contribution in [0.4, 0.5) is 42.3 Å². The van der Waals surface area contributed by atoms with Gasteiger partial charge in [-0.1, -0.05) is 22.7 Å². The third kappa shape index (κ3) is 5.99. The van der Waals surface area contributed by atoms with Gasteiger partial charge in [-0.05, 0) is 80.3 Å². The minimum atomic E-state index is -0.377. The van der Waals surface area contributed by atoms with E-state index in [1.165, 1.54) is 35.9 Å². The van der Waals surface area contributed by atoms with Gasteiger partial charge in [-0.15, -0.1) is 10.2 Å². The molecule has 0 amide bonds. The van der Waals surface area contributed by atoms with Crippen LogP contribution in [0.25, 0.3) is 0 Å². The van der Waals surface area contributed by atoms with Crippen molar-refractivity contribution in [2.24, 2.45) is 10.2 Å². The fraction of sp³-hybridized carbons (Fsp3) is 0.240. The smallest absolute Gasteiger partial charge is 0.232 e. The standard InChI is InChI=1S/C25H27FN8S2/c1-16-14-19(29-32-23-9-10-24(36-23)34-11-3-4-12-34)6-7-20(16)30-28-18-5-8-21(17(2)13-18)31-33-25-27-15-22(26)35-25/h5-10,13-15,28-30,32H,3-4,11-12H2,1-2H3/p+1. The first-order valence-corrected chi connectivity index (χ1v) is 13.4. The second-order valence-corrected chi connectivity index (χ2v) is 10.6. The summed E-state index contributed by atoms with van der Waals surface area (Å²) in [6.45, 7) is 6.35. The summed E-state index contributed by atoms with van der Waals surface area (Å²) in [5.74, 6) is 0. The van der Waals surface area contributed by atoms with Crippen LogP contribution in [0.3, 0.4) is 0 Å². The molecule has 8 nitrogen and oxygen atoms in total. The Balaban J connectivity index is 1.14. The number of anilines is 4. The molecule has 0 aliphatic carbocycles. The molecule has 1 aliphatic heterocycles. The van der Waals surface area contributed by atoms with E-state index in [4.69, 9.17) is 0 Å². The van der Waals surface area contributed by atoms with Crippen molar-refractivity contribution >= 4 is 60.6 Å². The number of nitrogens with two attached hydrogens (primary N) is 1. The first-order valence-electron chi connectivity index (χ1n) is 11.7. The Hall–Kier alpha value is -3.54. The highest BCUT2D eigenvalue weighted by atomic mass is 32.1. The summed E-state index contributed by atoms with van der Waals surface area (Å²) < 4.78 is 13.1. The molecular weight excluding hydrogens is 495 g/mol. The Morgan fingerprint density at radius 1 is 0.917 bits per heavy atom. The number of benzene rings is 2. The Labute approximate surface area is 217 Å². The largest absolute Gasteiger partial charge is 0.363 e. The SMILES string of the molecule is Cc1cc(NNc2ccc(N[NH2+]c3ccc(N4CCCC4)s3)cc2C)ccc1N=Nc1ncc(F)s1. The number of aromatic nitrogens is 1. The van der Waals surface area contributed by atoms with Crippen molar-refractivity contribution in [2.45, 2.75) is 26.7 Å². The molecule has 5 rings (SSSR count). The topological polar surface area (TPSA) is 93.5 Å². The third-order valence-corrected chi connectivity index (χ3v) is 7.65. The summed E-state index contributed by atoms with van der Waals surface area (Å²) in [5.41, 5.74) is 17.7. The zero-order chi connectivity index (χ0) is 24.9. The molecule has 186 valence electrons. The van der Waals surface area contributed by atoms with Gasteiger partial charge in [-0.2, -0.15) is 4.39 Å². The van der Waals surface area contributed by atoms with Crippen LogP contribution in [0.15, 0.2) is 65.0 Å². The number of aryl methyl sites for hydroxylation is 2. The summed E-state index contributed by atoms with van der Waals surface area (Å²) in [7, 11) is 0. The fourth-order valence-electron chi connectivity index (χ4n) is 3.95. The predicted octanol–water partition coefficient (Wildman–Crippen LogP) is 6.64. The lowest BCUT2D eigenvalue weighted by atomic mass is 10.2. The molecule has 0 saturated carbocycles. The van der Waals surface area contributed by atoms with Crippen LogP contribution in [0.2, 0.25) is 0 Å². The number of hydrogen-bond acceptors (Lipinski definition) is 9. The van der Waals surface area contributed by atoms with Gasteiger partial charge in [0.05, 0.1) is 33.9 Å². The molecule has 1 aliphatic rings. The molecule has 0 bridgehead atoms. The fourth-order valence-corrected chi connectivity index (χ4v) is 5.36. The van der Waals surface area contributed by atoms with Gasteiger partial charge in [0.1, 0.15) is 0 Å². The van der Waals surface area contributed by atoms with Crippen LogP contribution < -0.4 is 26.6 Å². The molecule has 1 saturated heterocycles. The maximum absolute atomic E-state index is 13.1. The number of azo groups is 1. The van der Waals surface area contributed by atoms with Gasteiger partial charge in [0.25, 0.3) is 0 Å². The molecule has 0 unspecified atom stereocenters. The number of hydrazine groups is 1. The molecule has 11 heteroatoms. The van der Waals surface area contributed by atoms with E-state index in [-0.39, 0.29) is 5.13 Å². The number of halogens is 1. The first kappa shape index (κ1) is 24.2. The van der Waals surface area contributed by atoms with E-state index in [2.05, 4.69) is 73.0 Å². The summed E-state index contributed by atoms with van der Waals surface area (Å²) in [5, 5.41) is 10.7. The van der Waals surface area contributed by atoms with Gasteiger partial charge in [0.15, 0.2) is 5.13 Å². The second-order valence-electron chi connectivity index (χ2n) is 8.59. The van der Waals surface area contributed by atoms with Crippen molar-refractivity contribution in [1.29, 1.82) is 0 Å². The lowest BCUT2D eigenvalue weighted by Crippen LogP contribution is -2.82. The average Bonchev–Trinajstić information content (AvgIpc) is 3.64. The van der Waals surface area contributed by atoms with Gasteiger partial charge >= 0.3 is 0 Å². The molecule has 0 spiro atoms. The lowest BCUT2D eigenvalue weighted by Gasteiger charge is -2.14. The number of nitrogens with zero attached hydrogens (tertiary/aromatic N) is 4. The number of thiophene rings is 1. The van der Waals surface area contributed by atoms with E-state index >= 15 is 0 Å². The van der Waals surface area contributed by atoms with Crippen LogP contribution in [0, 0.1) is 19.0 Å². The maximum Gasteiger partial charge on any atom is 0.232 e. The summed E-state index contributed by atoms with van der Waals surface area (Å²) in [6, 6.07) is 16.4. The van der Waals surface area contributed by atoms with Crippen LogP contribution in [0.1, 0.15) is 24.0 Å². The number of thiazole rings is 1. The molecule has 2 aromatic heterocycles. The molecule has 5 N–H and O–H groups in total. The number of nitrogens with one attached hydrogen (secondary N) is 3. The van der Waals surface area contributed by atoms with Crippen LogP contribution in [-0.2, 0) is 0 Å². The van der Waals surface area contributed by atoms with Gasteiger partial charge in [-0.3, -0.25) is 0 Å². The quantitative estimate of drug-likeness (QED) is 0.112. The minimum Gasteiger partial charge on any atom is -0.363 e. The Morgan fingerprint density at radius 2 is 1.72 bits per heavy atom. The second kappa shape index (κ2) is 11.0. The highest BCUT2D eigenvalue weighted by Gasteiger charge is 2.15. The van der Waals surface area contributed by atoms with Gasteiger partial charge < -0.3 is 15.8 Å². The van der Waals surface area contributed by atoms with Crippen molar-refractivity contribution in [3.05, 3.63) is 71.0 Å². The minimum absolute atomic E-state index is 0.295. The summed E-state index contributed by atoms with van der Waals surface area (Å²) >= 11 is 2.69. The van der Waals surface area contributed by atoms with Crippen molar-refractivity contribution in [2.75, 3.05) is 34.3 Å². The van der Waals surface area contributed by atoms with E-state index in [0.29, 0.717) is 10.8 Å². The molecular formula is C25H28FN8S2+. The van der Waals surface area contributed by atoms with Crippen molar-refractivity contribution in [3.63, 3.8) is 0 Å². The molecule has 4 aromatic rings. The lowest BCUT2D eigenvalue weighted by molar-refractivity contribution is -0.534. The highest BCUT2D eigenvalue weighted by Crippen LogP contribution is 2.30. The first-order chi connectivity index (χ1) is 17.5. The molecule has 0 radical (unpaired) electrons. The highest BCUT2D eigenvalue weighted by molar-refractivity contribution is 7.19. The Bertz CT molecular complexity index is 1360. The van der Waals surface area contributed by atoms with Crippen molar-refractivity contribution in [3.8, 4) is 0 Å². The molecule has 36 heavy (non-hydrogen) atoms. The summed E-state index contributed by atoms with van der Waals surface area (Å²) in [6.07, 6.45) is 3.72. The van der Waals surface area contributed by atoms with Crippen LogP contribution in [0.5, 0.6) is 0 Å². The van der Waals surface area contributed by atoms with E-state index in [0.717, 1.165) is 45.7 Å². The van der Waals surface area contributed by atoms with E-state index in [1.807, 2.05) is 42.5 Å². The Kier molecular flexibility index (Phi) is 7.40. The number of hydrogen-bond donors (Lipinski definition) is 4. The van der Waals surface area contributed by atoms with Gasteiger partial charge in [0.2, 0.25) is 10.1 Å². The van der Waals surface area contributed by atoms with Crippen molar-refractivity contribution < 1.29 is 9.82 Å². The molecule has 3 heterocycles. The number of nitrogen functional groups attached to an aromatic ring is 1. The third-order valence-electron chi connectivity index (χ3n) is 5.88. The number of quaternary nitrogens is 1.